The second kappa shape index (κ2) is 11.0. The van der Waals surface area contributed by atoms with Gasteiger partial charge in [-0.15, -0.1) is 12.6 Å². The number of unbranched alkanes of at least 4 members (excludes halogenated alkanes) is 5. The van der Waals surface area contributed by atoms with Crippen molar-refractivity contribution in [2.75, 3.05) is 11.0 Å². The van der Waals surface area contributed by atoms with E-state index in [0.29, 0.717) is 4.32 Å². The molecule has 0 aromatic heterocycles. The summed E-state index contributed by atoms with van der Waals surface area (Å²) in [5, 5.41) is 3.04. The van der Waals surface area contributed by atoms with Crippen LogP contribution in [0, 0.1) is 0 Å². The molecule has 13 heavy (non-hydrogen) atoms. The van der Waals surface area contributed by atoms with Crippen molar-refractivity contribution in [1.82, 2.24) is 5.32 Å². The molecule has 0 radical (unpaired) electrons. The maximum Gasteiger partial charge on any atom is 0.130 e. The van der Waals surface area contributed by atoms with Crippen molar-refractivity contribution in [3.8, 4) is 0 Å². The van der Waals surface area contributed by atoms with Gasteiger partial charge in [0.1, 0.15) is 4.32 Å². The van der Waals surface area contributed by atoms with E-state index in [4.69, 9.17) is 12.2 Å². The van der Waals surface area contributed by atoms with Crippen LogP contribution in [-0.2, 0) is 0 Å². The number of thiol groups is 1. The summed E-state index contributed by atoms with van der Waals surface area (Å²) < 4.78 is 1.91. The normalized spacial score (nSPS) is 10.0. The van der Waals surface area contributed by atoms with Gasteiger partial charge in [0.15, 0.2) is 0 Å². The Bertz CT molecular complexity index is 131. The van der Waals surface area contributed by atoms with Crippen LogP contribution in [-0.4, -0.2) is 15.3 Å². The molecule has 0 atom stereocenters. The molecule has 0 spiro atoms. The minimum Gasteiger partial charge on any atom is -0.371 e. The van der Waals surface area contributed by atoms with E-state index in [-0.39, 0.29) is 0 Å². The van der Waals surface area contributed by atoms with Gasteiger partial charge in [0.25, 0.3) is 0 Å². The number of alkyl halides is 1. The second-order valence-electron chi connectivity index (χ2n) is 3.04. The Balaban J connectivity index is 2.87. The fraction of sp³-hybridized carbons (Fsp3) is 0.889. The molecule has 0 saturated carbocycles. The van der Waals surface area contributed by atoms with Crippen LogP contribution in [0.5, 0.6) is 0 Å². The van der Waals surface area contributed by atoms with Gasteiger partial charge in [0.2, 0.25) is 0 Å². The number of hydrogen-bond donors (Lipinski definition) is 2. The molecular weight excluding hydrogens is 313 g/mol. The highest BCUT2D eigenvalue weighted by atomic mass is 127. The van der Waals surface area contributed by atoms with Gasteiger partial charge in [-0.2, -0.15) is 0 Å². The largest absolute Gasteiger partial charge is 0.371 e. The summed E-state index contributed by atoms with van der Waals surface area (Å²) in [5.74, 6) is 0. The van der Waals surface area contributed by atoms with Gasteiger partial charge in [0, 0.05) is 6.54 Å². The summed E-state index contributed by atoms with van der Waals surface area (Å²) in [5.41, 5.74) is 0. The molecule has 1 N–H and O–H groups in total. The third kappa shape index (κ3) is 13.0. The second-order valence-corrected chi connectivity index (χ2v) is 5.28. The Morgan fingerprint density at radius 3 is 2.15 bits per heavy atom. The van der Waals surface area contributed by atoms with E-state index >= 15 is 0 Å². The zero-order valence-electron chi connectivity index (χ0n) is 7.89. The third-order valence-electron chi connectivity index (χ3n) is 1.84. The molecule has 0 aliphatic carbocycles. The molecule has 1 nitrogen and oxygen atoms in total. The van der Waals surface area contributed by atoms with Gasteiger partial charge in [-0.1, -0.05) is 60.5 Å². The fourth-order valence-corrected chi connectivity index (χ4v) is 1.88. The number of hydrogen-bond acceptors (Lipinski definition) is 1. The lowest BCUT2D eigenvalue weighted by Gasteiger charge is -2.02. The fourth-order valence-electron chi connectivity index (χ4n) is 1.12. The molecule has 0 unspecified atom stereocenters. The zero-order valence-corrected chi connectivity index (χ0v) is 11.8. The Morgan fingerprint density at radius 2 is 1.62 bits per heavy atom. The number of nitrogens with one attached hydrogen (secondary N) is 1. The lowest BCUT2D eigenvalue weighted by Crippen LogP contribution is -2.17. The van der Waals surface area contributed by atoms with E-state index in [0.717, 1.165) is 6.54 Å². The lowest BCUT2D eigenvalue weighted by atomic mass is 10.1. The highest BCUT2D eigenvalue weighted by Gasteiger charge is 1.91. The van der Waals surface area contributed by atoms with Crippen molar-refractivity contribution in [2.24, 2.45) is 0 Å². The Hall–Kier alpha value is 0.970. The van der Waals surface area contributed by atoms with Crippen LogP contribution < -0.4 is 5.32 Å². The van der Waals surface area contributed by atoms with E-state index in [1.54, 1.807) is 0 Å². The van der Waals surface area contributed by atoms with Crippen LogP contribution in [0.3, 0.4) is 0 Å². The van der Waals surface area contributed by atoms with E-state index in [2.05, 4.69) is 40.5 Å². The quantitative estimate of drug-likeness (QED) is 0.232. The molecule has 0 amide bonds. The Labute approximate surface area is 106 Å². The van der Waals surface area contributed by atoms with E-state index in [1.807, 2.05) is 0 Å². The predicted molar refractivity (Wildman–Crippen MR) is 76.2 cm³/mol. The molecule has 0 fully saturated rings. The van der Waals surface area contributed by atoms with Gasteiger partial charge in [-0.05, 0) is 17.3 Å². The van der Waals surface area contributed by atoms with Crippen LogP contribution >= 0.6 is 47.4 Å². The molecule has 0 aliphatic heterocycles. The predicted octanol–water partition coefficient (Wildman–Crippen LogP) is 3.57. The van der Waals surface area contributed by atoms with Gasteiger partial charge in [-0.3, -0.25) is 0 Å². The molecule has 0 aliphatic rings. The van der Waals surface area contributed by atoms with Crippen LogP contribution in [0.1, 0.15) is 38.5 Å². The molecule has 0 aromatic rings. The van der Waals surface area contributed by atoms with Gasteiger partial charge < -0.3 is 5.32 Å². The van der Waals surface area contributed by atoms with Crippen molar-refractivity contribution in [1.29, 1.82) is 0 Å². The van der Waals surface area contributed by atoms with Gasteiger partial charge >= 0.3 is 0 Å². The highest BCUT2D eigenvalue weighted by molar-refractivity contribution is 14.1. The standard InChI is InChI=1S/C9H18INS2/c10-7-5-3-1-2-4-6-8-11-9(12)13/h1-8H2,(H2,11,12,13). The number of halogens is 1. The van der Waals surface area contributed by atoms with Crippen molar-refractivity contribution in [3.63, 3.8) is 0 Å². The summed E-state index contributed by atoms with van der Waals surface area (Å²) in [7, 11) is 0. The first kappa shape index (κ1) is 14.0. The molecule has 0 aromatic carbocycles. The van der Waals surface area contributed by atoms with E-state index in [9.17, 15) is 0 Å². The first-order valence-electron chi connectivity index (χ1n) is 4.80. The van der Waals surface area contributed by atoms with Crippen LogP contribution in [0.25, 0.3) is 0 Å². The highest BCUT2D eigenvalue weighted by Crippen LogP contribution is 2.06. The summed E-state index contributed by atoms with van der Waals surface area (Å²) >= 11 is 11.2. The summed E-state index contributed by atoms with van der Waals surface area (Å²) in [6.45, 7) is 0.981. The summed E-state index contributed by atoms with van der Waals surface area (Å²) in [6.07, 6.45) is 8.03. The van der Waals surface area contributed by atoms with Gasteiger partial charge in [0.05, 0.1) is 0 Å². The third-order valence-corrected chi connectivity index (χ3v) is 2.90. The van der Waals surface area contributed by atoms with Crippen molar-refractivity contribution in [3.05, 3.63) is 0 Å². The smallest absolute Gasteiger partial charge is 0.130 e. The summed E-state index contributed by atoms with van der Waals surface area (Å²) in [4.78, 5) is 0. The van der Waals surface area contributed by atoms with Crippen LogP contribution in [0.15, 0.2) is 0 Å². The van der Waals surface area contributed by atoms with Crippen molar-refractivity contribution < 1.29 is 0 Å². The molecule has 4 heteroatoms. The molecule has 0 rings (SSSR count). The molecule has 0 saturated heterocycles. The molecule has 78 valence electrons. The molecule has 0 bridgehead atoms. The number of thiocarbonyl (C=S) groups is 1. The molecular formula is C9H18INS2. The monoisotopic (exact) mass is 331 g/mol. The van der Waals surface area contributed by atoms with E-state index in [1.165, 1.54) is 43.0 Å². The maximum atomic E-state index is 4.78. The zero-order chi connectivity index (χ0) is 9.94. The minimum atomic E-state index is 0.616. The minimum absolute atomic E-state index is 0.616. The first-order valence-corrected chi connectivity index (χ1v) is 7.18. The van der Waals surface area contributed by atoms with Crippen LogP contribution in [0.2, 0.25) is 0 Å². The van der Waals surface area contributed by atoms with Crippen molar-refractivity contribution >= 4 is 51.8 Å². The maximum absolute atomic E-state index is 4.78. The topological polar surface area (TPSA) is 12.0 Å². The number of rotatable bonds is 8. The Morgan fingerprint density at radius 1 is 1.08 bits per heavy atom. The van der Waals surface area contributed by atoms with E-state index < -0.39 is 0 Å². The SMILES string of the molecule is S=C(S)NCCCCCCCCI. The average molecular weight is 331 g/mol. The Kier molecular flexibility index (Phi) is 11.9. The van der Waals surface area contributed by atoms with Gasteiger partial charge in [-0.25, -0.2) is 0 Å². The van der Waals surface area contributed by atoms with Crippen LogP contribution in [0.4, 0.5) is 0 Å². The average Bonchev–Trinajstić information content (AvgIpc) is 2.09. The summed E-state index contributed by atoms with van der Waals surface area (Å²) in [6, 6.07) is 0. The molecule has 0 heterocycles. The lowest BCUT2D eigenvalue weighted by molar-refractivity contribution is 0.606. The first-order chi connectivity index (χ1) is 6.27. The van der Waals surface area contributed by atoms with Crippen molar-refractivity contribution in [2.45, 2.75) is 38.5 Å².